The van der Waals surface area contributed by atoms with E-state index in [1.807, 2.05) is 0 Å². The van der Waals surface area contributed by atoms with Gasteiger partial charge in [0.15, 0.2) is 8.32 Å². The fourth-order valence-electron chi connectivity index (χ4n) is 2.41. The Balaban J connectivity index is 3.05. The van der Waals surface area contributed by atoms with Crippen molar-refractivity contribution in [3.8, 4) is 0 Å². The van der Waals surface area contributed by atoms with Crippen LogP contribution in [0.25, 0.3) is 0 Å². The van der Waals surface area contributed by atoms with E-state index in [1.54, 1.807) is 12.0 Å². The van der Waals surface area contributed by atoms with E-state index >= 15 is 0 Å². The van der Waals surface area contributed by atoms with Gasteiger partial charge < -0.3 is 14.1 Å². The molecule has 0 aromatic carbocycles. The highest BCUT2D eigenvalue weighted by atomic mass is 28.4. The topological polar surface area (TPSA) is 59.0 Å². The fraction of sp³-hybridized carbons (Fsp3) is 0.944. The zero-order valence-corrected chi connectivity index (χ0v) is 20.1. The van der Waals surface area contributed by atoms with Crippen LogP contribution in [0.5, 0.6) is 0 Å². The molecule has 0 aromatic rings. The van der Waals surface area contributed by atoms with E-state index < -0.39 is 28.1 Å². The zero-order valence-electron chi connectivity index (χ0n) is 18.1. The average Bonchev–Trinajstić information content (AvgIpc) is 2.62. The van der Waals surface area contributed by atoms with Gasteiger partial charge in [-0.15, -0.1) is 0 Å². The molecule has 1 fully saturated rings. The Labute approximate surface area is 156 Å². The number of carboxylic acid groups (broad SMARTS) is 1. The first kappa shape index (κ1) is 22.8. The summed E-state index contributed by atoms with van der Waals surface area (Å²) in [5.74, 6) is -0.840. The predicted molar refractivity (Wildman–Crippen MR) is 108 cm³/mol. The first-order chi connectivity index (χ1) is 10.8. The summed E-state index contributed by atoms with van der Waals surface area (Å²) in [5, 5.41) is 11.7. The molecule has 1 rings (SSSR count). The Morgan fingerprint density at radius 3 is 1.84 bits per heavy atom. The summed E-state index contributed by atoms with van der Waals surface area (Å²) in [6, 6.07) is 0. The Bertz CT molecular complexity index is 508. The minimum Gasteiger partial charge on any atom is -0.480 e. The van der Waals surface area contributed by atoms with Crippen LogP contribution in [0, 0.1) is 0 Å². The van der Waals surface area contributed by atoms with Crippen molar-refractivity contribution in [2.45, 2.75) is 103 Å². The maximum absolute atomic E-state index is 12.0. The molecule has 5 nitrogen and oxygen atoms in total. The highest BCUT2D eigenvalue weighted by Crippen LogP contribution is 2.43. The molecule has 0 saturated carbocycles. The van der Waals surface area contributed by atoms with E-state index in [0.717, 1.165) is 0 Å². The van der Waals surface area contributed by atoms with Crippen molar-refractivity contribution < 1.29 is 18.9 Å². The minimum atomic E-state index is -2.11. The molecule has 0 aliphatic carbocycles. The van der Waals surface area contributed by atoms with Crippen LogP contribution < -0.4 is 0 Å². The largest absolute Gasteiger partial charge is 0.480 e. The second-order valence-corrected chi connectivity index (χ2v) is 20.2. The highest BCUT2D eigenvalue weighted by Gasteiger charge is 2.54. The lowest BCUT2D eigenvalue weighted by Gasteiger charge is -2.42. The maximum Gasteiger partial charge on any atom is 0.326 e. The molecular formula is C18H39NO4Si2. The van der Waals surface area contributed by atoms with Gasteiger partial charge in [-0.25, -0.2) is 0 Å². The molecule has 1 aliphatic rings. The lowest BCUT2D eigenvalue weighted by atomic mass is 10.00. The number of carbonyl (C=O) groups is 1. The summed E-state index contributed by atoms with van der Waals surface area (Å²) in [4.78, 5) is 12.0. The third-order valence-electron chi connectivity index (χ3n) is 6.42. The number of hydroxylamine groups is 2. The molecule has 148 valence electrons. The highest BCUT2D eigenvalue weighted by molar-refractivity contribution is 6.74. The van der Waals surface area contributed by atoms with Crippen molar-refractivity contribution in [3.05, 3.63) is 0 Å². The molecule has 0 radical (unpaired) electrons. The van der Waals surface area contributed by atoms with Gasteiger partial charge in [-0.3, -0.25) is 4.79 Å². The lowest BCUT2D eigenvalue weighted by molar-refractivity contribution is -0.174. The molecule has 0 unspecified atom stereocenters. The summed E-state index contributed by atoms with van der Waals surface area (Å²) in [6.45, 7) is 24.1. The van der Waals surface area contributed by atoms with Crippen LogP contribution in [-0.2, 0) is 13.7 Å². The maximum atomic E-state index is 12.0. The molecule has 0 spiro atoms. The lowest BCUT2D eigenvalue weighted by Crippen LogP contribution is -2.55. The molecule has 1 N–H and O–H groups in total. The first-order valence-electron chi connectivity index (χ1n) is 9.21. The van der Waals surface area contributed by atoms with Crippen LogP contribution >= 0.6 is 0 Å². The summed E-state index contributed by atoms with van der Waals surface area (Å²) in [5.41, 5.74) is -1.04. The van der Waals surface area contributed by atoms with E-state index in [4.69, 9.17) is 8.95 Å². The quantitative estimate of drug-likeness (QED) is 0.680. The molecular weight excluding hydrogens is 350 g/mol. The van der Waals surface area contributed by atoms with E-state index in [9.17, 15) is 9.90 Å². The van der Waals surface area contributed by atoms with Crippen molar-refractivity contribution in [2.24, 2.45) is 0 Å². The molecule has 1 heterocycles. The van der Waals surface area contributed by atoms with Crippen molar-refractivity contribution in [2.75, 3.05) is 6.54 Å². The van der Waals surface area contributed by atoms with Gasteiger partial charge in [0.2, 0.25) is 8.32 Å². The minimum absolute atomic E-state index is 0.0186. The number of hydrogen-bond donors (Lipinski definition) is 1. The summed E-state index contributed by atoms with van der Waals surface area (Å²) in [7, 11) is -4.07. The van der Waals surface area contributed by atoms with Crippen LogP contribution in [-0.4, -0.2) is 51.0 Å². The van der Waals surface area contributed by atoms with Crippen LogP contribution in [0.15, 0.2) is 0 Å². The number of rotatable bonds is 5. The molecule has 0 aromatic heterocycles. The second-order valence-electron chi connectivity index (χ2n) is 10.7. The van der Waals surface area contributed by atoms with E-state index in [1.165, 1.54) is 0 Å². The Morgan fingerprint density at radius 1 is 1.04 bits per heavy atom. The molecule has 25 heavy (non-hydrogen) atoms. The van der Waals surface area contributed by atoms with Crippen LogP contribution in [0.3, 0.4) is 0 Å². The smallest absolute Gasteiger partial charge is 0.326 e. The van der Waals surface area contributed by atoms with Crippen molar-refractivity contribution in [3.63, 3.8) is 0 Å². The molecule has 0 bridgehead atoms. The van der Waals surface area contributed by atoms with E-state index in [-0.39, 0.29) is 16.2 Å². The van der Waals surface area contributed by atoms with Crippen LogP contribution in [0.2, 0.25) is 36.3 Å². The van der Waals surface area contributed by atoms with Gasteiger partial charge in [-0.1, -0.05) is 41.5 Å². The van der Waals surface area contributed by atoms with Gasteiger partial charge in [-0.05, 0) is 43.2 Å². The van der Waals surface area contributed by atoms with Gasteiger partial charge in [0.1, 0.15) is 5.54 Å². The van der Waals surface area contributed by atoms with Crippen molar-refractivity contribution in [1.29, 1.82) is 0 Å². The normalized spacial score (nSPS) is 26.9. The molecule has 2 atom stereocenters. The molecule has 1 aliphatic heterocycles. The van der Waals surface area contributed by atoms with Crippen molar-refractivity contribution >= 4 is 22.6 Å². The Kier molecular flexibility index (Phi) is 6.16. The van der Waals surface area contributed by atoms with Gasteiger partial charge in [-0.2, -0.15) is 5.06 Å². The summed E-state index contributed by atoms with van der Waals surface area (Å²) < 4.78 is 12.9. The number of hydrogen-bond acceptors (Lipinski definition) is 4. The number of aliphatic carboxylic acids is 1. The Hall–Kier alpha value is -0.216. The zero-order chi connectivity index (χ0) is 20.1. The molecule has 0 amide bonds. The van der Waals surface area contributed by atoms with E-state index in [2.05, 4.69) is 67.7 Å². The standard InChI is InChI=1S/C18H39NO4Si2/c1-16(2,3)24(8,9)22-14-12-18(7,15(20)21)19(13-14)23-25(10,11)17(4,5)6/h14H,12-13H2,1-11H3,(H,20,21)/t14-,18-/m0/s1. The van der Waals surface area contributed by atoms with Crippen LogP contribution in [0.1, 0.15) is 54.9 Å². The number of nitrogens with zero attached hydrogens (tertiary/aromatic N) is 1. The van der Waals surface area contributed by atoms with Crippen molar-refractivity contribution in [1.82, 2.24) is 5.06 Å². The predicted octanol–water partition coefficient (Wildman–Crippen LogP) is 4.86. The Morgan fingerprint density at radius 2 is 1.48 bits per heavy atom. The average molecular weight is 390 g/mol. The van der Waals surface area contributed by atoms with Gasteiger partial charge in [0, 0.05) is 13.0 Å². The van der Waals surface area contributed by atoms with Crippen LogP contribution in [0.4, 0.5) is 0 Å². The summed E-state index contributed by atoms with van der Waals surface area (Å²) in [6.07, 6.45) is 0.357. The number of carboxylic acids is 1. The van der Waals surface area contributed by atoms with Gasteiger partial charge in [0.25, 0.3) is 0 Å². The fourth-order valence-corrected chi connectivity index (χ4v) is 4.86. The summed E-state index contributed by atoms with van der Waals surface area (Å²) >= 11 is 0. The van der Waals surface area contributed by atoms with E-state index in [0.29, 0.717) is 13.0 Å². The first-order valence-corrected chi connectivity index (χ1v) is 15.0. The molecule has 1 saturated heterocycles. The SMILES string of the molecule is CC(C)(C)[Si](C)(C)O[C@@H]1CN(O[Si](C)(C)C(C)(C)C)[C@](C)(C(=O)O)C1. The van der Waals surface area contributed by atoms with Gasteiger partial charge >= 0.3 is 5.97 Å². The third-order valence-corrected chi connectivity index (χ3v) is 15.2. The van der Waals surface area contributed by atoms with Gasteiger partial charge in [0.05, 0.1) is 6.10 Å². The molecule has 7 heteroatoms. The monoisotopic (exact) mass is 389 g/mol. The third kappa shape index (κ3) is 4.74. The second kappa shape index (κ2) is 6.74.